The Morgan fingerprint density at radius 3 is 0.808 bits per heavy atom. The monoisotopic (exact) mass is 1760 g/mol. The Kier molecular flexibility index (Phi) is 32.0. The maximum Gasteiger partial charge on any atom is 0.273 e. The number of carbonyl (C=O) groups is 5. The quantitative estimate of drug-likeness (QED) is 0.137. The molecule has 10 atom stereocenters. The fourth-order valence-corrected chi connectivity index (χ4v) is 18.9. The molecule has 10 unspecified atom stereocenters. The van der Waals surface area contributed by atoms with E-state index in [1.165, 1.54) is 56.3 Å². The number of aromatic nitrogens is 4. The lowest BCUT2D eigenvalue weighted by Gasteiger charge is -2.45. The fraction of sp³-hybridized carbons (Fsp3) is 0.459. The van der Waals surface area contributed by atoms with Crippen LogP contribution < -0.4 is 24.5 Å². The summed E-state index contributed by atoms with van der Waals surface area (Å²) in [5.41, 5.74) is 18.0. The molecule has 0 bridgehead atoms. The van der Waals surface area contributed by atoms with Crippen LogP contribution in [0.4, 0.5) is 28.4 Å². The molecule has 5 saturated heterocycles. The van der Waals surface area contributed by atoms with E-state index in [1.54, 1.807) is 55.4 Å². The zero-order valence-corrected chi connectivity index (χ0v) is 82.7. The van der Waals surface area contributed by atoms with Crippen molar-refractivity contribution in [1.82, 2.24) is 44.4 Å². The lowest BCUT2D eigenvalue weighted by atomic mass is 9.87. The van der Waals surface area contributed by atoms with E-state index in [1.807, 2.05) is 92.1 Å². The highest BCUT2D eigenvalue weighted by Crippen LogP contribution is 2.36. The molecule has 0 aliphatic carbocycles. The number of nitrogens with zero attached hydrogens (tertiary/aromatic N) is 13. The number of aryl methyl sites for hydroxylation is 1. The number of pyridine rings is 3. The number of rotatable bonds is 10. The molecule has 0 radical (unpaired) electrons. The summed E-state index contributed by atoms with van der Waals surface area (Å²) in [5, 5.41) is 0. The summed E-state index contributed by atoms with van der Waals surface area (Å²) < 4.78 is 0. The molecule has 10 aromatic rings. The molecule has 19 nitrogen and oxygen atoms in total. The van der Waals surface area contributed by atoms with Gasteiger partial charge in [-0.1, -0.05) is 189 Å². The number of anilines is 5. The summed E-state index contributed by atoms with van der Waals surface area (Å²) in [6, 6.07) is 70.2. The molecule has 19 heteroatoms. The number of nitrogens with one attached hydrogen (secondary N) is 1. The van der Waals surface area contributed by atoms with Gasteiger partial charge in [0.25, 0.3) is 29.5 Å². The van der Waals surface area contributed by atoms with Crippen LogP contribution in [-0.4, -0.2) is 200 Å². The van der Waals surface area contributed by atoms with Gasteiger partial charge < -0.3 is 54.0 Å². The summed E-state index contributed by atoms with van der Waals surface area (Å²) in [7, 11) is 0. The van der Waals surface area contributed by atoms with E-state index in [4.69, 9.17) is 0 Å². The third-order valence-electron chi connectivity index (χ3n) is 26.0. The van der Waals surface area contributed by atoms with Crippen LogP contribution in [0.1, 0.15) is 259 Å². The molecule has 5 amide bonds. The molecular formula is C111H148N14O5. The maximum atomic E-state index is 13.0. The molecule has 5 aliphatic rings. The van der Waals surface area contributed by atoms with Crippen molar-refractivity contribution in [2.45, 2.75) is 268 Å². The number of benzene rings is 6. The van der Waals surface area contributed by atoms with Gasteiger partial charge in [0.2, 0.25) is 0 Å². The minimum absolute atomic E-state index is 0.0216. The summed E-state index contributed by atoms with van der Waals surface area (Å²) >= 11 is 0. The number of carbonyl (C=O) groups excluding carboxylic acids is 5. The topological polar surface area (TPSA) is 172 Å². The third kappa shape index (κ3) is 24.9. The van der Waals surface area contributed by atoms with Gasteiger partial charge in [-0.25, -0.2) is 0 Å². The van der Waals surface area contributed by atoms with Crippen LogP contribution in [0.3, 0.4) is 0 Å². The van der Waals surface area contributed by atoms with Crippen LogP contribution in [0, 0.1) is 6.92 Å². The van der Waals surface area contributed by atoms with Gasteiger partial charge in [-0.2, -0.15) is 0 Å². The second-order valence-corrected chi connectivity index (χ2v) is 42.2. The van der Waals surface area contributed by atoms with E-state index < -0.39 is 0 Å². The number of amides is 5. The summed E-state index contributed by atoms with van der Waals surface area (Å²) in [5.74, 6) is 0.415. The Bertz CT molecular complexity index is 4930. The standard InChI is InChI=1S/C23H31N3O.C23H30N2O.2C22H29N3O.C21H29N3O/c1-16-11-19(13-24-12-16)22(27)26-17(2)14-25(15-18(26)3)21-9-7-20(8-10-21)23(4,5)6;1-17-15-24(21-13-11-20(12-14-21)23(3,4)5)16-18(2)25(17)22(26)19-9-7-6-8-10-19;1-16-14-24(20-8-6-19(7-9-20)22(3,4)5)15-17(2)25(16)21(26)18-10-12-23-13-11-18;1-16-14-24(19-11-9-18(10-12-19)22(3,4)5)15-17(2)25(16)21(26)20-8-6-7-13-23-20;1-15-13-23(18-10-8-17(9-11-18)21(3,4)5)14-16(2)24(15)20(25)19-7-6-12-22-19/h7-13,17-18H,14-15H2,1-6H3;6-14,17-18H,15-16H2,1-5H3;2*6-13,16-17H,14-15H2,1-5H3;6-12,15-16,22H,13-14H2,1-5H3. The Balaban J connectivity index is 0.000000157. The minimum atomic E-state index is 0.0216. The van der Waals surface area contributed by atoms with Crippen LogP contribution in [0.25, 0.3) is 0 Å². The average Bonchev–Trinajstić information content (AvgIpc) is 0.858. The van der Waals surface area contributed by atoms with Crippen LogP contribution in [0.5, 0.6) is 0 Å². The van der Waals surface area contributed by atoms with Crippen LogP contribution in [0.15, 0.2) is 237 Å². The number of H-pyrrole nitrogens is 1. The molecule has 15 rings (SSSR count). The third-order valence-corrected chi connectivity index (χ3v) is 26.0. The van der Waals surface area contributed by atoms with Gasteiger partial charge in [0.15, 0.2) is 0 Å². The van der Waals surface area contributed by atoms with Crippen molar-refractivity contribution in [3.05, 3.63) is 299 Å². The second kappa shape index (κ2) is 42.1. The molecule has 130 heavy (non-hydrogen) atoms. The molecule has 692 valence electrons. The summed E-state index contributed by atoms with van der Waals surface area (Å²) in [6.07, 6.45) is 10.3. The van der Waals surface area contributed by atoms with Gasteiger partial charge in [-0.15, -0.1) is 0 Å². The van der Waals surface area contributed by atoms with Gasteiger partial charge in [-0.05, 0) is 252 Å². The van der Waals surface area contributed by atoms with Gasteiger partial charge >= 0.3 is 0 Å². The molecule has 4 aromatic heterocycles. The van der Waals surface area contributed by atoms with Gasteiger partial charge in [0.05, 0.1) is 5.56 Å². The Morgan fingerprint density at radius 1 is 0.277 bits per heavy atom. The first-order valence-corrected chi connectivity index (χ1v) is 47.1. The summed E-state index contributed by atoms with van der Waals surface area (Å²) in [4.78, 5) is 102. The first-order valence-electron chi connectivity index (χ1n) is 47.1. The first kappa shape index (κ1) is 99.0. The Labute approximate surface area is 778 Å². The molecule has 6 aromatic carbocycles. The lowest BCUT2D eigenvalue weighted by molar-refractivity contribution is 0.0560. The summed E-state index contributed by atoms with van der Waals surface area (Å²) in [6.45, 7) is 65.2. The van der Waals surface area contributed by atoms with E-state index >= 15 is 0 Å². The highest BCUT2D eigenvalue weighted by molar-refractivity contribution is 5.97. The predicted molar refractivity (Wildman–Crippen MR) is 537 cm³/mol. The Hall–Kier alpha value is -11.6. The highest BCUT2D eigenvalue weighted by Gasteiger charge is 2.40. The smallest absolute Gasteiger partial charge is 0.273 e. The molecule has 9 heterocycles. The van der Waals surface area contributed by atoms with Crippen molar-refractivity contribution in [1.29, 1.82) is 0 Å². The van der Waals surface area contributed by atoms with Crippen molar-refractivity contribution in [2.24, 2.45) is 0 Å². The maximum absolute atomic E-state index is 13.0. The highest BCUT2D eigenvalue weighted by atomic mass is 16.2. The molecule has 0 saturated carbocycles. The minimum Gasteiger partial charge on any atom is -0.367 e. The molecule has 5 fully saturated rings. The van der Waals surface area contributed by atoms with Crippen molar-refractivity contribution >= 4 is 58.0 Å². The van der Waals surface area contributed by atoms with E-state index in [2.05, 4.69) is 339 Å². The zero-order chi connectivity index (χ0) is 94.6. The second-order valence-electron chi connectivity index (χ2n) is 42.2. The molecule has 0 spiro atoms. The number of hydrogen-bond donors (Lipinski definition) is 1. The van der Waals surface area contributed by atoms with Crippen molar-refractivity contribution < 1.29 is 24.0 Å². The predicted octanol–water partition coefficient (Wildman–Crippen LogP) is 21.4. The molecule has 1 N–H and O–H groups in total. The van der Waals surface area contributed by atoms with Crippen LogP contribution in [-0.2, 0) is 27.1 Å². The lowest BCUT2D eigenvalue weighted by Crippen LogP contribution is -2.58. The van der Waals surface area contributed by atoms with Crippen molar-refractivity contribution in [3.8, 4) is 0 Å². The van der Waals surface area contributed by atoms with Crippen molar-refractivity contribution in [3.63, 3.8) is 0 Å². The van der Waals surface area contributed by atoms with E-state index in [-0.39, 0.29) is 117 Å². The number of hydrogen-bond acceptors (Lipinski definition) is 13. The van der Waals surface area contributed by atoms with Gasteiger partial charge in [0.1, 0.15) is 11.4 Å². The molecular weight excluding hydrogens is 1610 g/mol. The van der Waals surface area contributed by atoms with E-state index in [0.29, 0.717) is 22.5 Å². The molecule has 5 aliphatic heterocycles. The fourth-order valence-electron chi connectivity index (χ4n) is 18.9. The first-order chi connectivity index (χ1) is 61.2. The Morgan fingerprint density at radius 2 is 0.546 bits per heavy atom. The van der Waals surface area contributed by atoms with E-state index in [0.717, 1.165) is 76.6 Å². The van der Waals surface area contributed by atoms with Gasteiger partial charge in [0, 0.05) is 203 Å². The number of piperazine rings is 5. The normalized spacial score (nSPS) is 21.0. The number of aromatic amines is 1. The van der Waals surface area contributed by atoms with Crippen molar-refractivity contribution in [2.75, 3.05) is 89.9 Å². The van der Waals surface area contributed by atoms with E-state index in [9.17, 15) is 24.0 Å². The SMILES string of the molecule is CC1CN(c2ccc(C(C)(C)C)cc2)CC(C)N1C(=O)c1ccc[nH]1.CC1CN(c2ccc(C(C)(C)C)cc2)CC(C)N1C(=O)c1ccccc1.CC1CN(c2ccc(C(C)(C)C)cc2)CC(C)N1C(=O)c1ccccn1.CC1CN(c2ccc(C(C)(C)C)cc2)CC(C)N1C(=O)c1ccncc1.Cc1cncc(C(=O)N2C(C)CN(c3ccc(C(C)(C)C)cc3)CC2C)c1. The van der Waals surface area contributed by atoms with Crippen LogP contribution in [0.2, 0.25) is 0 Å². The van der Waals surface area contributed by atoms with Crippen LogP contribution >= 0.6 is 0 Å². The zero-order valence-electron chi connectivity index (χ0n) is 82.7. The largest absolute Gasteiger partial charge is 0.367 e. The van der Waals surface area contributed by atoms with Gasteiger partial charge in [-0.3, -0.25) is 38.9 Å². The average molecular weight is 1760 g/mol.